The Morgan fingerprint density at radius 2 is 2.00 bits per heavy atom. The number of thioether (sulfide) groups is 1. The number of thiazole rings is 1. The molecule has 0 atom stereocenters. The Labute approximate surface area is 164 Å². The molecule has 1 N–H and O–H groups in total. The van der Waals surface area contributed by atoms with Gasteiger partial charge in [0, 0.05) is 22.7 Å². The molecule has 138 valence electrons. The van der Waals surface area contributed by atoms with Crippen molar-refractivity contribution in [1.82, 2.24) is 10.3 Å². The molecule has 2 aliphatic rings. The molecule has 1 amide bonds. The van der Waals surface area contributed by atoms with Crippen molar-refractivity contribution < 1.29 is 4.79 Å². The van der Waals surface area contributed by atoms with Crippen molar-refractivity contribution >= 4 is 29.0 Å². The largest absolute Gasteiger partial charge is 0.355 e. The number of nitrogens with one attached hydrogen (secondary N) is 1. The van der Waals surface area contributed by atoms with Gasteiger partial charge in [-0.2, -0.15) is 0 Å². The second-order valence-corrected chi connectivity index (χ2v) is 9.43. The third-order valence-electron chi connectivity index (χ3n) is 5.22. The van der Waals surface area contributed by atoms with Gasteiger partial charge in [-0.05, 0) is 74.6 Å². The minimum Gasteiger partial charge on any atom is -0.355 e. The van der Waals surface area contributed by atoms with Crippen LogP contribution in [0.25, 0.3) is 0 Å². The van der Waals surface area contributed by atoms with E-state index in [2.05, 4.69) is 23.5 Å². The van der Waals surface area contributed by atoms with Crippen LogP contribution in [-0.2, 0) is 36.9 Å². The van der Waals surface area contributed by atoms with Crippen LogP contribution in [0.3, 0.4) is 0 Å². The average molecular weight is 387 g/mol. The number of hydrogen-bond donors (Lipinski definition) is 1. The van der Waals surface area contributed by atoms with Gasteiger partial charge < -0.3 is 5.32 Å². The predicted molar refractivity (Wildman–Crippen MR) is 109 cm³/mol. The maximum atomic E-state index is 12.1. The Morgan fingerprint density at radius 3 is 2.92 bits per heavy atom. The Kier molecular flexibility index (Phi) is 5.95. The third-order valence-corrected chi connectivity index (χ3v) is 7.43. The second-order valence-electron chi connectivity index (χ2n) is 7.21. The summed E-state index contributed by atoms with van der Waals surface area (Å²) < 4.78 is 0. The minimum atomic E-state index is 0.133. The molecule has 0 spiro atoms. The zero-order chi connectivity index (χ0) is 17.8. The van der Waals surface area contributed by atoms with E-state index in [1.165, 1.54) is 70.1 Å². The number of aromatic nitrogens is 1. The number of carbonyl (C=O) groups is 1. The van der Waals surface area contributed by atoms with Gasteiger partial charge in [0.2, 0.25) is 5.91 Å². The molecular formula is C21H26N2OS2. The molecule has 0 saturated carbocycles. The van der Waals surface area contributed by atoms with Crippen molar-refractivity contribution in [2.75, 3.05) is 12.3 Å². The number of amides is 1. The minimum absolute atomic E-state index is 0.133. The van der Waals surface area contributed by atoms with E-state index in [4.69, 9.17) is 4.98 Å². The van der Waals surface area contributed by atoms with Crippen molar-refractivity contribution in [2.45, 2.75) is 62.7 Å². The van der Waals surface area contributed by atoms with E-state index in [1.807, 2.05) is 11.3 Å². The highest BCUT2D eigenvalue weighted by Crippen LogP contribution is 2.28. The average Bonchev–Trinajstić information content (AvgIpc) is 3.29. The summed E-state index contributed by atoms with van der Waals surface area (Å²) in [5.41, 5.74) is 4.30. The van der Waals surface area contributed by atoms with Crippen molar-refractivity contribution in [3.05, 3.63) is 44.9 Å². The molecule has 0 bridgehead atoms. The number of fused-ring (bicyclic) bond motifs is 2. The smallest absolute Gasteiger partial charge is 0.230 e. The quantitative estimate of drug-likeness (QED) is 0.568. The molecule has 3 nitrogen and oxygen atoms in total. The lowest BCUT2D eigenvalue weighted by Crippen LogP contribution is -2.26. The highest BCUT2D eigenvalue weighted by Gasteiger charge is 2.15. The molecule has 1 aromatic heterocycles. The molecule has 0 radical (unpaired) electrons. The number of carbonyl (C=O) groups excluding carboxylic acids is 1. The van der Waals surface area contributed by atoms with Crippen LogP contribution in [-0.4, -0.2) is 23.2 Å². The fraction of sp³-hybridized carbons (Fsp3) is 0.524. The molecular weight excluding hydrogens is 360 g/mol. The van der Waals surface area contributed by atoms with Crippen molar-refractivity contribution in [1.29, 1.82) is 0 Å². The maximum Gasteiger partial charge on any atom is 0.230 e. The highest BCUT2D eigenvalue weighted by atomic mass is 32.2. The Morgan fingerprint density at radius 1 is 1.12 bits per heavy atom. The predicted octanol–water partition coefficient (Wildman–Crippen LogP) is 4.35. The fourth-order valence-electron chi connectivity index (χ4n) is 3.82. The number of nitrogens with zero attached hydrogens (tertiary/aromatic N) is 1. The van der Waals surface area contributed by atoms with E-state index in [0.29, 0.717) is 5.75 Å². The molecule has 0 fully saturated rings. The summed E-state index contributed by atoms with van der Waals surface area (Å²) in [5, 5.41) is 4.30. The summed E-state index contributed by atoms with van der Waals surface area (Å²) >= 11 is 3.53. The third kappa shape index (κ3) is 4.49. The van der Waals surface area contributed by atoms with Gasteiger partial charge in [0.25, 0.3) is 0 Å². The van der Waals surface area contributed by atoms with Crippen LogP contribution in [0, 0.1) is 0 Å². The molecule has 26 heavy (non-hydrogen) atoms. The summed E-state index contributed by atoms with van der Waals surface area (Å²) in [6.45, 7) is 0.744. The van der Waals surface area contributed by atoms with Crippen molar-refractivity contribution in [3.8, 4) is 0 Å². The number of rotatable bonds is 7. The van der Waals surface area contributed by atoms with Crippen LogP contribution in [0.4, 0.5) is 0 Å². The first-order valence-electron chi connectivity index (χ1n) is 9.77. The lowest BCUT2D eigenvalue weighted by Gasteiger charge is -2.06. The first-order valence-corrected chi connectivity index (χ1v) is 11.6. The van der Waals surface area contributed by atoms with Gasteiger partial charge in [-0.15, -0.1) is 23.1 Å². The first kappa shape index (κ1) is 18.1. The van der Waals surface area contributed by atoms with E-state index in [1.54, 1.807) is 11.8 Å². The van der Waals surface area contributed by atoms with Crippen molar-refractivity contribution in [2.24, 2.45) is 0 Å². The molecule has 4 rings (SSSR count). The maximum absolute atomic E-state index is 12.1. The lowest BCUT2D eigenvalue weighted by atomic mass is 10.0. The number of hydrogen-bond acceptors (Lipinski definition) is 4. The lowest BCUT2D eigenvalue weighted by molar-refractivity contribution is -0.118. The zero-order valence-electron chi connectivity index (χ0n) is 15.2. The number of aryl methyl sites for hydroxylation is 5. The molecule has 2 aliphatic carbocycles. The van der Waals surface area contributed by atoms with Crippen LogP contribution in [0.15, 0.2) is 23.1 Å². The molecule has 0 saturated heterocycles. The van der Waals surface area contributed by atoms with E-state index in [9.17, 15) is 4.79 Å². The standard InChI is InChI=1S/C21H26N2OS2/c24-20(14-25-17-11-10-15-5-3-6-16(15)13-17)22-12-4-9-21-23-18-7-1-2-8-19(18)26-21/h10-11,13H,1-9,12,14H2,(H,22,24). The van der Waals surface area contributed by atoms with Gasteiger partial charge in [-0.1, -0.05) is 6.07 Å². The second kappa shape index (κ2) is 8.57. The van der Waals surface area contributed by atoms with Crippen LogP contribution in [0.5, 0.6) is 0 Å². The zero-order valence-corrected chi connectivity index (χ0v) is 16.8. The summed E-state index contributed by atoms with van der Waals surface area (Å²) in [6, 6.07) is 6.66. The van der Waals surface area contributed by atoms with Gasteiger partial charge in [0.1, 0.15) is 0 Å². The molecule has 1 heterocycles. The summed E-state index contributed by atoms with van der Waals surface area (Å²) in [4.78, 5) is 19.6. The summed E-state index contributed by atoms with van der Waals surface area (Å²) in [6.07, 6.45) is 10.6. The van der Waals surface area contributed by atoms with Crippen LogP contribution >= 0.6 is 23.1 Å². The van der Waals surface area contributed by atoms with E-state index in [-0.39, 0.29) is 5.91 Å². The van der Waals surface area contributed by atoms with Gasteiger partial charge in [0.05, 0.1) is 16.5 Å². The molecule has 0 unspecified atom stereocenters. The first-order chi connectivity index (χ1) is 12.8. The van der Waals surface area contributed by atoms with E-state index < -0.39 is 0 Å². The van der Waals surface area contributed by atoms with Gasteiger partial charge in [0.15, 0.2) is 0 Å². The van der Waals surface area contributed by atoms with E-state index in [0.717, 1.165) is 25.8 Å². The van der Waals surface area contributed by atoms with Crippen molar-refractivity contribution in [3.63, 3.8) is 0 Å². The Balaban J connectivity index is 1.16. The monoisotopic (exact) mass is 386 g/mol. The summed E-state index contributed by atoms with van der Waals surface area (Å²) in [7, 11) is 0. The SMILES string of the molecule is O=C(CSc1ccc2c(c1)CCC2)NCCCc1nc2c(s1)CCCC2. The topological polar surface area (TPSA) is 42.0 Å². The van der Waals surface area contributed by atoms with Crippen LogP contribution in [0.2, 0.25) is 0 Å². The van der Waals surface area contributed by atoms with Gasteiger partial charge in [-0.3, -0.25) is 4.79 Å². The molecule has 1 aromatic carbocycles. The fourth-order valence-corrected chi connectivity index (χ4v) is 5.81. The van der Waals surface area contributed by atoms with Gasteiger partial charge >= 0.3 is 0 Å². The highest BCUT2D eigenvalue weighted by molar-refractivity contribution is 8.00. The Bertz CT molecular complexity index is 761. The van der Waals surface area contributed by atoms with Crippen LogP contribution in [0.1, 0.15) is 52.4 Å². The molecule has 2 aromatic rings. The summed E-state index contributed by atoms with van der Waals surface area (Å²) in [5.74, 6) is 0.638. The number of benzene rings is 1. The Hall–Kier alpha value is -1.33. The van der Waals surface area contributed by atoms with E-state index >= 15 is 0 Å². The molecule has 0 aliphatic heterocycles. The van der Waals surface area contributed by atoms with Crippen LogP contribution < -0.4 is 5.32 Å². The normalized spacial score (nSPS) is 15.5. The van der Waals surface area contributed by atoms with Gasteiger partial charge in [-0.25, -0.2) is 4.98 Å². The molecule has 5 heteroatoms.